The molecule has 0 saturated carbocycles. The Morgan fingerprint density at radius 3 is 1.79 bits per heavy atom. The molecule has 0 aromatic carbocycles. The molecule has 2 nitrogen and oxygen atoms in total. The zero-order valence-corrected chi connectivity index (χ0v) is 15.9. The van der Waals surface area contributed by atoms with Gasteiger partial charge in [0.05, 0.1) is 0 Å². The van der Waals surface area contributed by atoms with E-state index < -0.39 is 5.97 Å². The molecular formula is C22H38O2. The third-order valence-corrected chi connectivity index (χ3v) is 4.29. The van der Waals surface area contributed by atoms with E-state index in [1.807, 2.05) is 25.2 Å². The maximum absolute atomic E-state index is 10.8. The van der Waals surface area contributed by atoms with E-state index in [0.29, 0.717) is 12.0 Å². The number of carbonyl (C=O) groups is 1. The number of unbranched alkanes of at least 4 members (excludes halogenated alkanes) is 11. The fourth-order valence-electron chi connectivity index (χ4n) is 2.68. The van der Waals surface area contributed by atoms with Crippen molar-refractivity contribution < 1.29 is 9.90 Å². The van der Waals surface area contributed by atoms with Crippen molar-refractivity contribution in [3.05, 3.63) is 36.0 Å². The van der Waals surface area contributed by atoms with Crippen molar-refractivity contribution in [1.29, 1.82) is 0 Å². The summed E-state index contributed by atoms with van der Waals surface area (Å²) >= 11 is 0. The third kappa shape index (κ3) is 15.6. The maximum Gasteiger partial charge on any atom is 0.331 e. The van der Waals surface area contributed by atoms with Crippen LogP contribution in [-0.2, 0) is 4.79 Å². The van der Waals surface area contributed by atoms with Gasteiger partial charge < -0.3 is 5.11 Å². The molecule has 0 saturated heterocycles. The topological polar surface area (TPSA) is 37.3 Å². The molecular weight excluding hydrogens is 296 g/mol. The monoisotopic (exact) mass is 334 g/mol. The van der Waals surface area contributed by atoms with Gasteiger partial charge in [0.2, 0.25) is 0 Å². The number of hydrogen-bond acceptors (Lipinski definition) is 1. The standard InChI is InChI=1S/C22H38O2/c1-3-5-6-7-8-9-10-11-12-13-14-15-16-17-18-19-20-21(4-2)22(23)24/h16-20H,3-15H2,1-2H3,(H,23,24). The summed E-state index contributed by atoms with van der Waals surface area (Å²) in [6.07, 6.45) is 26.4. The van der Waals surface area contributed by atoms with Crippen LogP contribution in [-0.4, -0.2) is 11.1 Å². The smallest absolute Gasteiger partial charge is 0.331 e. The predicted molar refractivity (Wildman–Crippen MR) is 105 cm³/mol. The summed E-state index contributed by atoms with van der Waals surface area (Å²) in [5, 5.41) is 8.88. The summed E-state index contributed by atoms with van der Waals surface area (Å²) < 4.78 is 0. The Kier molecular flexibility index (Phi) is 17.1. The second-order valence-electron chi connectivity index (χ2n) is 6.49. The first-order valence-corrected chi connectivity index (χ1v) is 9.98. The Balaban J connectivity index is 3.42. The minimum absolute atomic E-state index is 0.449. The van der Waals surface area contributed by atoms with Crippen LogP contribution in [0.2, 0.25) is 0 Å². The zero-order valence-electron chi connectivity index (χ0n) is 15.9. The van der Waals surface area contributed by atoms with Gasteiger partial charge in [-0.1, -0.05) is 108 Å². The predicted octanol–water partition coefficient (Wildman–Crippen LogP) is 7.22. The van der Waals surface area contributed by atoms with Gasteiger partial charge in [-0.2, -0.15) is 0 Å². The molecule has 0 aliphatic heterocycles. The summed E-state index contributed by atoms with van der Waals surface area (Å²) in [4.78, 5) is 10.8. The van der Waals surface area contributed by atoms with Crippen LogP contribution >= 0.6 is 0 Å². The van der Waals surface area contributed by atoms with Gasteiger partial charge in [0, 0.05) is 5.57 Å². The van der Waals surface area contributed by atoms with E-state index in [9.17, 15) is 4.79 Å². The molecule has 1 N–H and O–H groups in total. The lowest BCUT2D eigenvalue weighted by Crippen LogP contribution is -1.97. The number of allylic oxidation sites excluding steroid dienone is 5. The van der Waals surface area contributed by atoms with E-state index in [1.54, 1.807) is 6.08 Å². The van der Waals surface area contributed by atoms with Crippen LogP contribution in [0.4, 0.5) is 0 Å². The first-order chi connectivity index (χ1) is 11.7. The Bertz CT molecular complexity index is 377. The van der Waals surface area contributed by atoms with Gasteiger partial charge in [0.25, 0.3) is 0 Å². The molecule has 0 unspecified atom stereocenters. The summed E-state index contributed by atoms with van der Waals surface area (Å²) in [6, 6.07) is 0. The van der Waals surface area contributed by atoms with E-state index in [0.717, 1.165) is 6.42 Å². The first kappa shape index (κ1) is 22.7. The second kappa shape index (κ2) is 18.0. The van der Waals surface area contributed by atoms with Crippen LogP contribution in [0.1, 0.15) is 97.3 Å². The fraction of sp³-hybridized carbons (Fsp3) is 0.682. The number of carboxylic acids is 1. The largest absolute Gasteiger partial charge is 0.478 e. The van der Waals surface area contributed by atoms with Crippen molar-refractivity contribution in [3.8, 4) is 0 Å². The molecule has 0 radical (unpaired) electrons. The molecule has 0 atom stereocenters. The van der Waals surface area contributed by atoms with Crippen LogP contribution in [0, 0.1) is 0 Å². The van der Waals surface area contributed by atoms with E-state index in [-0.39, 0.29) is 0 Å². The van der Waals surface area contributed by atoms with E-state index in [2.05, 4.69) is 13.0 Å². The molecule has 0 bridgehead atoms. The number of aliphatic carboxylic acids is 1. The quantitative estimate of drug-likeness (QED) is 0.184. The average Bonchev–Trinajstić information content (AvgIpc) is 2.57. The number of hydrogen-bond donors (Lipinski definition) is 1. The van der Waals surface area contributed by atoms with Crippen LogP contribution in [0.5, 0.6) is 0 Å². The molecule has 0 amide bonds. The van der Waals surface area contributed by atoms with Crippen LogP contribution in [0.15, 0.2) is 36.0 Å². The summed E-state index contributed by atoms with van der Waals surface area (Å²) in [5.41, 5.74) is 0.449. The Morgan fingerprint density at radius 1 is 0.750 bits per heavy atom. The van der Waals surface area contributed by atoms with Crippen LogP contribution in [0.25, 0.3) is 0 Å². The highest BCUT2D eigenvalue weighted by Gasteiger charge is 2.00. The molecule has 0 fully saturated rings. The van der Waals surface area contributed by atoms with Gasteiger partial charge in [-0.3, -0.25) is 0 Å². The summed E-state index contributed by atoms with van der Waals surface area (Å²) in [6.45, 7) is 4.13. The molecule has 0 aliphatic rings. The van der Waals surface area contributed by atoms with Crippen molar-refractivity contribution in [2.45, 2.75) is 97.3 Å². The minimum Gasteiger partial charge on any atom is -0.478 e. The van der Waals surface area contributed by atoms with E-state index in [1.165, 1.54) is 70.6 Å². The molecule has 0 rings (SSSR count). The zero-order chi connectivity index (χ0) is 17.9. The molecule has 0 spiro atoms. The molecule has 2 heteroatoms. The van der Waals surface area contributed by atoms with Gasteiger partial charge in [-0.05, 0) is 19.3 Å². The van der Waals surface area contributed by atoms with Crippen molar-refractivity contribution in [1.82, 2.24) is 0 Å². The van der Waals surface area contributed by atoms with Gasteiger partial charge >= 0.3 is 5.97 Å². The van der Waals surface area contributed by atoms with Crippen LogP contribution < -0.4 is 0 Å². The highest BCUT2D eigenvalue weighted by Crippen LogP contribution is 2.12. The lowest BCUT2D eigenvalue weighted by atomic mass is 10.1. The average molecular weight is 335 g/mol. The molecule has 0 aromatic rings. The lowest BCUT2D eigenvalue weighted by Gasteiger charge is -2.01. The third-order valence-electron chi connectivity index (χ3n) is 4.29. The number of rotatable bonds is 16. The number of carboxylic acid groups (broad SMARTS) is 1. The Hall–Kier alpha value is -1.31. The molecule has 0 heterocycles. The second-order valence-corrected chi connectivity index (χ2v) is 6.49. The first-order valence-electron chi connectivity index (χ1n) is 9.98. The summed E-state index contributed by atoms with van der Waals surface area (Å²) in [7, 11) is 0. The molecule has 0 aliphatic carbocycles. The van der Waals surface area contributed by atoms with Gasteiger partial charge in [0.15, 0.2) is 0 Å². The highest BCUT2D eigenvalue weighted by molar-refractivity contribution is 5.86. The molecule has 24 heavy (non-hydrogen) atoms. The van der Waals surface area contributed by atoms with Crippen molar-refractivity contribution in [3.63, 3.8) is 0 Å². The lowest BCUT2D eigenvalue weighted by molar-refractivity contribution is -0.132. The maximum atomic E-state index is 10.8. The highest BCUT2D eigenvalue weighted by atomic mass is 16.4. The fourth-order valence-corrected chi connectivity index (χ4v) is 2.68. The van der Waals surface area contributed by atoms with Gasteiger partial charge in [-0.15, -0.1) is 0 Å². The Morgan fingerprint density at radius 2 is 1.29 bits per heavy atom. The molecule has 138 valence electrons. The van der Waals surface area contributed by atoms with E-state index in [4.69, 9.17) is 5.11 Å². The van der Waals surface area contributed by atoms with Crippen LogP contribution in [0.3, 0.4) is 0 Å². The molecule has 0 aromatic heterocycles. The summed E-state index contributed by atoms with van der Waals surface area (Å²) in [5.74, 6) is -0.827. The van der Waals surface area contributed by atoms with E-state index >= 15 is 0 Å². The van der Waals surface area contributed by atoms with Gasteiger partial charge in [-0.25, -0.2) is 4.79 Å². The van der Waals surface area contributed by atoms with Crippen molar-refractivity contribution >= 4 is 5.97 Å². The SMILES string of the molecule is CCCCCCCCCCCCCC=CC=CC=C(CC)C(=O)O. The van der Waals surface area contributed by atoms with Gasteiger partial charge in [0.1, 0.15) is 0 Å². The minimum atomic E-state index is -0.827. The Labute approximate surface area is 149 Å². The normalized spacial score (nSPS) is 12.5. The van der Waals surface area contributed by atoms with Crippen molar-refractivity contribution in [2.75, 3.05) is 0 Å². The van der Waals surface area contributed by atoms with Crippen molar-refractivity contribution in [2.24, 2.45) is 0 Å².